The summed E-state index contributed by atoms with van der Waals surface area (Å²) in [5.74, 6) is 0.147. The van der Waals surface area contributed by atoms with E-state index in [4.69, 9.17) is 4.74 Å². The van der Waals surface area contributed by atoms with Crippen LogP contribution in [0.1, 0.15) is 19.0 Å². The van der Waals surface area contributed by atoms with E-state index < -0.39 is 0 Å². The molecule has 2 aromatic rings. The van der Waals surface area contributed by atoms with Crippen LogP contribution in [-0.4, -0.2) is 11.5 Å². The van der Waals surface area contributed by atoms with Crippen molar-refractivity contribution in [2.45, 2.75) is 20.0 Å². The number of ether oxygens (including phenoxy) is 1. The average Bonchev–Trinajstić information content (AvgIpc) is 2.46. The third-order valence-corrected chi connectivity index (χ3v) is 3.32. The first-order valence-corrected chi connectivity index (χ1v) is 7.25. The van der Waals surface area contributed by atoms with Crippen molar-refractivity contribution in [2.75, 3.05) is 11.9 Å². The molecule has 1 aromatic carbocycles. The second kappa shape index (κ2) is 7.24. The molecule has 0 saturated heterocycles. The van der Waals surface area contributed by atoms with Crippen molar-refractivity contribution < 1.29 is 9.13 Å². The smallest absolute Gasteiger partial charge is 0.136 e. The van der Waals surface area contributed by atoms with E-state index in [1.807, 2.05) is 12.1 Å². The van der Waals surface area contributed by atoms with Crippen LogP contribution in [0.3, 0.4) is 0 Å². The fraction of sp³-hybridized carbons (Fsp3) is 0.267. The molecule has 1 heterocycles. The van der Waals surface area contributed by atoms with Crippen LogP contribution in [-0.2, 0) is 6.61 Å². The predicted octanol–water partition coefficient (Wildman–Crippen LogP) is 4.38. The van der Waals surface area contributed by atoms with Gasteiger partial charge in [0.05, 0.1) is 10.2 Å². The van der Waals surface area contributed by atoms with Crippen LogP contribution >= 0.6 is 15.9 Å². The minimum Gasteiger partial charge on any atom is -0.486 e. The molecule has 0 atom stereocenters. The van der Waals surface area contributed by atoms with Crippen molar-refractivity contribution in [3.63, 3.8) is 0 Å². The summed E-state index contributed by atoms with van der Waals surface area (Å²) in [6.45, 7) is 3.32. The van der Waals surface area contributed by atoms with E-state index in [0.717, 1.165) is 28.8 Å². The van der Waals surface area contributed by atoms with E-state index in [2.05, 4.69) is 33.2 Å². The molecule has 1 N–H and O–H groups in total. The molecule has 5 heteroatoms. The van der Waals surface area contributed by atoms with Crippen LogP contribution in [0.25, 0.3) is 0 Å². The monoisotopic (exact) mass is 338 g/mol. The molecule has 3 nitrogen and oxygen atoms in total. The normalized spacial score (nSPS) is 10.3. The lowest BCUT2D eigenvalue weighted by atomic mass is 10.3. The Morgan fingerprint density at radius 1 is 1.30 bits per heavy atom. The number of halogens is 2. The first kappa shape index (κ1) is 14.8. The van der Waals surface area contributed by atoms with Gasteiger partial charge < -0.3 is 10.1 Å². The summed E-state index contributed by atoms with van der Waals surface area (Å²) in [7, 11) is 0. The van der Waals surface area contributed by atoms with Crippen molar-refractivity contribution in [2.24, 2.45) is 0 Å². The zero-order valence-electron chi connectivity index (χ0n) is 11.2. The largest absolute Gasteiger partial charge is 0.486 e. The van der Waals surface area contributed by atoms with E-state index in [-0.39, 0.29) is 5.82 Å². The first-order valence-electron chi connectivity index (χ1n) is 6.45. The molecule has 1 aromatic heterocycles. The van der Waals surface area contributed by atoms with E-state index in [0.29, 0.717) is 12.4 Å². The van der Waals surface area contributed by atoms with Gasteiger partial charge in [-0.1, -0.05) is 6.92 Å². The van der Waals surface area contributed by atoms with Gasteiger partial charge in [0.25, 0.3) is 0 Å². The summed E-state index contributed by atoms with van der Waals surface area (Å²) in [5.41, 5.74) is 1.81. The summed E-state index contributed by atoms with van der Waals surface area (Å²) in [4.78, 5) is 4.24. The minimum absolute atomic E-state index is 0.295. The molecule has 0 unspecified atom stereocenters. The Bertz CT molecular complexity index is 578. The van der Waals surface area contributed by atoms with Crippen molar-refractivity contribution in [3.8, 4) is 5.75 Å². The number of aromatic nitrogens is 1. The Hall–Kier alpha value is -1.62. The second-order valence-electron chi connectivity index (χ2n) is 4.33. The Morgan fingerprint density at radius 2 is 2.15 bits per heavy atom. The highest BCUT2D eigenvalue weighted by molar-refractivity contribution is 9.10. The highest BCUT2D eigenvalue weighted by Gasteiger charge is 2.04. The van der Waals surface area contributed by atoms with Gasteiger partial charge in [0, 0.05) is 24.5 Å². The van der Waals surface area contributed by atoms with Gasteiger partial charge in [-0.3, -0.25) is 4.98 Å². The number of nitrogens with zero attached hydrogens (tertiary/aromatic N) is 1. The minimum atomic E-state index is -0.325. The number of nitrogens with one attached hydrogen (secondary N) is 1. The van der Waals surface area contributed by atoms with Gasteiger partial charge in [-0.05, 0) is 46.6 Å². The zero-order chi connectivity index (χ0) is 14.4. The molecular formula is C15H16BrFN2O. The number of benzene rings is 1. The maximum Gasteiger partial charge on any atom is 0.136 e. The zero-order valence-corrected chi connectivity index (χ0v) is 12.8. The van der Waals surface area contributed by atoms with Crippen molar-refractivity contribution in [1.29, 1.82) is 0 Å². The molecular weight excluding hydrogens is 323 g/mol. The molecule has 0 fully saturated rings. The Balaban J connectivity index is 2.01. The van der Waals surface area contributed by atoms with Gasteiger partial charge in [0.1, 0.15) is 18.2 Å². The topological polar surface area (TPSA) is 34.2 Å². The van der Waals surface area contributed by atoms with Gasteiger partial charge in [0.2, 0.25) is 0 Å². The van der Waals surface area contributed by atoms with Crippen LogP contribution in [0.15, 0.2) is 41.0 Å². The number of hydrogen-bond donors (Lipinski definition) is 1. The molecule has 0 aliphatic carbocycles. The van der Waals surface area contributed by atoms with E-state index in [9.17, 15) is 4.39 Å². The van der Waals surface area contributed by atoms with Crippen LogP contribution in [0.4, 0.5) is 10.1 Å². The van der Waals surface area contributed by atoms with Gasteiger partial charge in [-0.15, -0.1) is 0 Å². The maximum atomic E-state index is 13.1. The lowest BCUT2D eigenvalue weighted by Crippen LogP contribution is -2.03. The molecule has 0 saturated carbocycles. The van der Waals surface area contributed by atoms with Crippen molar-refractivity contribution in [1.82, 2.24) is 4.98 Å². The highest BCUT2D eigenvalue weighted by Crippen LogP contribution is 2.26. The maximum absolute atomic E-state index is 13.1. The third kappa shape index (κ3) is 4.20. The first-order chi connectivity index (χ1) is 9.69. The summed E-state index contributed by atoms with van der Waals surface area (Å²) in [6.07, 6.45) is 2.79. The molecule has 2 rings (SSSR count). The fourth-order valence-electron chi connectivity index (χ4n) is 1.68. The van der Waals surface area contributed by atoms with Crippen LogP contribution < -0.4 is 10.1 Å². The molecule has 0 aliphatic rings. The fourth-order valence-corrected chi connectivity index (χ4v) is 2.04. The molecule has 0 spiro atoms. The van der Waals surface area contributed by atoms with Crippen molar-refractivity contribution >= 4 is 21.6 Å². The quantitative estimate of drug-likeness (QED) is 0.848. The van der Waals surface area contributed by atoms with E-state index >= 15 is 0 Å². The van der Waals surface area contributed by atoms with Gasteiger partial charge in [-0.25, -0.2) is 4.39 Å². The number of anilines is 1. The SMILES string of the molecule is CCCNc1ccnc(COc2cc(F)ccc2Br)c1. The Morgan fingerprint density at radius 3 is 2.95 bits per heavy atom. The van der Waals surface area contributed by atoms with Gasteiger partial charge in [-0.2, -0.15) is 0 Å². The Labute approximate surface area is 126 Å². The Kier molecular flexibility index (Phi) is 5.35. The highest BCUT2D eigenvalue weighted by atomic mass is 79.9. The number of hydrogen-bond acceptors (Lipinski definition) is 3. The summed E-state index contributed by atoms with van der Waals surface area (Å²) in [5, 5.41) is 3.29. The number of rotatable bonds is 6. The lowest BCUT2D eigenvalue weighted by molar-refractivity contribution is 0.298. The summed E-state index contributed by atoms with van der Waals surface area (Å²) in [6, 6.07) is 8.20. The van der Waals surface area contributed by atoms with Crippen LogP contribution in [0.5, 0.6) is 5.75 Å². The average molecular weight is 339 g/mol. The molecule has 0 bridgehead atoms. The predicted molar refractivity (Wildman–Crippen MR) is 81.4 cm³/mol. The van der Waals surface area contributed by atoms with E-state index in [1.165, 1.54) is 12.1 Å². The van der Waals surface area contributed by atoms with Crippen molar-refractivity contribution in [3.05, 3.63) is 52.5 Å². The standard InChI is InChI=1S/C15H16BrFN2O/c1-2-6-18-12-5-7-19-13(9-12)10-20-15-8-11(17)3-4-14(15)16/h3-5,7-9H,2,6,10H2,1H3,(H,18,19). The van der Waals surface area contributed by atoms with Crippen LogP contribution in [0.2, 0.25) is 0 Å². The summed E-state index contributed by atoms with van der Waals surface area (Å²) >= 11 is 3.33. The van der Waals surface area contributed by atoms with E-state index in [1.54, 1.807) is 12.3 Å². The molecule has 0 amide bonds. The second-order valence-corrected chi connectivity index (χ2v) is 5.18. The third-order valence-electron chi connectivity index (χ3n) is 2.66. The molecule has 106 valence electrons. The summed E-state index contributed by atoms with van der Waals surface area (Å²) < 4.78 is 19.5. The molecule has 0 radical (unpaired) electrons. The lowest BCUT2D eigenvalue weighted by Gasteiger charge is -2.09. The molecule has 20 heavy (non-hydrogen) atoms. The number of pyridine rings is 1. The van der Waals surface area contributed by atoms with Gasteiger partial charge in [0.15, 0.2) is 0 Å². The van der Waals surface area contributed by atoms with Gasteiger partial charge >= 0.3 is 0 Å². The van der Waals surface area contributed by atoms with Crippen LogP contribution in [0, 0.1) is 5.82 Å². The molecule has 0 aliphatic heterocycles.